The molecule has 0 aliphatic carbocycles. The van der Waals surface area contributed by atoms with Crippen molar-refractivity contribution in [2.24, 2.45) is 0 Å². The fourth-order valence-corrected chi connectivity index (χ4v) is 2.11. The smallest absolute Gasteiger partial charge is 0.273 e. The first-order valence-electron chi connectivity index (χ1n) is 7.64. The third kappa shape index (κ3) is 4.63. The average Bonchev–Trinajstić information content (AvgIpc) is 2.66. The molecular formula is C18H20N2O5. The Labute approximate surface area is 145 Å². The van der Waals surface area contributed by atoms with Crippen molar-refractivity contribution in [2.45, 2.75) is 6.92 Å². The zero-order valence-corrected chi connectivity index (χ0v) is 14.3. The van der Waals surface area contributed by atoms with Gasteiger partial charge in [0.1, 0.15) is 17.2 Å². The largest absolute Gasteiger partial charge is 0.497 e. The molecule has 0 fully saturated rings. The van der Waals surface area contributed by atoms with Crippen LogP contribution in [0.5, 0.6) is 17.2 Å². The number of amides is 2. The molecule has 2 aromatic rings. The van der Waals surface area contributed by atoms with Crippen molar-refractivity contribution in [3.63, 3.8) is 0 Å². The lowest BCUT2D eigenvalue weighted by molar-refractivity contribution is 0.0845. The topological polar surface area (TPSA) is 85.9 Å². The Morgan fingerprint density at radius 1 is 0.880 bits per heavy atom. The number of hydrogen-bond acceptors (Lipinski definition) is 5. The molecule has 0 bridgehead atoms. The van der Waals surface area contributed by atoms with Gasteiger partial charge in [0.05, 0.1) is 26.4 Å². The maximum Gasteiger partial charge on any atom is 0.273 e. The minimum absolute atomic E-state index is 0.273. The Morgan fingerprint density at radius 3 is 2.12 bits per heavy atom. The fraction of sp³-hybridized carbons (Fsp3) is 0.222. The molecule has 0 aliphatic rings. The van der Waals surface area contributed by atoms with Gasteiger partial charge >= 0.3 is 0 Å². The van der Waals surface area contributed by atoms with Crippen molar-refractivity contribution < 1.29 is 23.8 Å². The highest BCUT2D eigenvalue weighted by Crippen LogP contribution is 2.24. The van der Waals surface area contributed by atoms with Crippen LogP contribution in [-0.4, -0.2) is 32.6 Å². The van der Waals surface area contributed by atoms with Gasteiger partial charge in [-0.3, -0.25) is 20.4 Å². The summed E-state index contributed by atoms with van der Waals surface area (Å²) in [6.45, 7) is 2.43. The van der Waals surface area contributed by atoms with Crippen LogP contribution in [0.3, 0.4) is 0 Å². The second kappa shape index (κ2) is 8.58. The van der Waals surface area contributed by atoms with E-state index in [-0.39, 0.29) is 5.56 Å². The van der Waals surface area contributed by atoms with E-state index in [9.17, 15) is 9.59 Å². The van der Waals surface area contributed by atoms with E-state index in [0.29, 0.717) is 29.4 Å². The summed E-state index contributed by atoms with van der Waals surface area (Å²) in [6, 6.07) is 11.4. The van der Waals surface area contributed by atoms with E-state index >= 15 is 0 Å². The summed E-state index contributed by atoms with van der Waals surface area (Å²) in [5, 5.41) is 0. The molecule has 7 heteroatoms. The summed E-state index contributed by atoms with van der Waals surface area (Å²) in [6.07, 6.45) is 0. The molecule has 132 valence electrons. The van der Waals surface area contributed by atoms with Crippen LogP contribution in [0, 0.1) is 0 Å². The van der Waals surface area contributed by atoms with Crippen molar-refractivity contribution in [3.05, 3.63) is 53.6 Å². The van der Waals surface area contributed by atoms with Crippen LogP contribution in [0.25, 0.3) is 0 Å². The normalized spacial score (nSPS) is 9.88. The van der Waals surface area contributed by atoms with Crippen LogP contribution in [0.2, 0.25) is 0 Å². The standard InChI is InChI=1S/C18H20N2O5/c1-4-25-13-7-5-12(6-8-13)17(21)19-20-18(22)15-10-9-14(23-2)11-16(15)24-3/h5-11H,4H2,1-3H3,(H,19,21)(H,20,22). The summed E-state index contributed by atoms with van der Waals surface area (Å²) >= 11 is 0. The Kier molecular flexibility index (Phi) is 6.22. The number of carbonyl (C=O) groups excluding carboxylic acids is 2. The van der Waals surface area contributed by atoms with Gasteiger partial charge in [-0.2, -0.15) is 0 Å². The summed E-state index contributed by atoms with van der Waals surface area (Å²) in [4.78, 5) is 24.3. The Hall–Kier alpha value is -3.22. The van der Waals surface area contributed by atoms with Crippen LogP contribution in [0.15, 0.2) is 42.5 Å². The molecule has 2 N–H and O–H groups in total. The molecule has 0 radical (unpaired) electrons. The van der Waals surface area contributed by atoms with E-state index in [1.165, 1.54) is 14.2 Å². The van der Waals surface area contributed by atoms with Gasteiger partial charge in [-0.1, -0.05) is 0 Å². The lowest BCUT2D eigenvalue weighted by Gasteiger charge is -2.11. The second-order valence-electron chi connectivity index (χ2n) is 4.93. The molecule has 2 rings (SSSR count). The van der Waals surface area contributed by atoms with E-state index < -0.39 is 11.8 Å². The summed E-state index contributed by atoms with van der Waals surface area (Å²) in [5.74, 6) is 0.632. The molecule has 0 spiro atoms. The molecular weight excluding hydrogens is 324 g/mol. The molecule has 7 nitrogen and oxygen atoms in total. The van der Waals surface area contributed by atoms with Gasteiger partial charge in [-0.05, 0) is 43.3 Å². The number of hydrazine groups is 1. The fourth-order valence-electron chi connectivity index (χ4n) is 2.11. The number of hydrogen-bond donors (Lipinski definition) is 2. The number of ether oxygens (including phenoxy) is 3. The monoisotopic (exact) mass is 344 g/mol. The van der Waals surface area contributed by atoms with E-state index in [0.717, 1.165) is 0 Å². The van der Waals surface area contributed by atoms with Gasteiger partial charge in [0.15, 0.2) is 0 Å². The lowest BCUT2D eigenvalue weighted by Crippen LogP contribution is -2.41. The van der Waals surface area contributed by atoms with E-state index in [1.807, 2.05) is 6.92 Å². The van der Waals surface area contributed by atoms with Crippen molar-refractivity contribution >= 4 is 11.8 Å². The molecule has 0 aliphatic heterocycles. The summed E-state index contributed by atoms with van der Waals surface area (Å²) in [7, 11) is 2.97. The Bertz CT molecular complexity index is 744. The molecule has 0 saturated carbocycles. The first kappa shape index (κ1) is 18.1. The number of rotatable bonds is 6. The van der Waals surface area contributed by atoms with Crippen LogP contribution >= 0.6 is 0 Å². The van der Waals surface area contributed by atoms with Gasteiger partial charge in [0, 0.05) is 11.6 Å². The van der Waals surface area contributed by atoms with Crippen molar-refractivity contribution in [1.29, 1.82) is 0 Å². The predicted molar refractivity (Wildman–Crippen MR) is 92.1 cm³/mol. The highest BCUT2D eigenvalue weighted by Gasteiger charge is 2.14. The van der Waals surface area contributed by atoms with E-state index in [2.05, 4.69) is 10.9 Å². The minimum Gasteiger partial charge on any atom is -0.497 e. The van der Waals surface area contributed by atoms with Gasteiger partial charge < -0.3 is 14.2 Å². The average molecular weight is 344 g/mol. The third-order valence-corrected chi connectivity index (χ3v) is 3.37. The highest BCUT2D eigenvalue weighted by atomic mass is 16.5. The van der Waals surface area contributed by atoms with Gasteiger partial charge in [-0.25, -0.2) is 0 Å². The van der Waals surface area contributed by atoms with Crippen LogP contribution in [0.1, 0.15) is 27.6 Å². The maximum absolute atomic E-state index is 12.2. The van der Waals surface area contributed by atoms with Gasteiger partial charge in [0.25, 0.3) is 11.8 Å². The number of methoxy groups -OCH3 is 2. The molecule has 0 unspecified atom stereocenters. The molecule has 2 aromatic carbocycles. The zero-order chi connectivity index (χ0) is 18.2. The Morgan fingerprint density at radius 2 is 1.52 bits per heavy atom. The predicted octanol–water partition coefficient (Wildman–Crippen LogP) is 2.18. The Balaban J connectivity index is 2.00. The molecule has 0 aromatic heterocycles. The maximum atomic E-state index is 12.2. The number of carbonyl (C=O) groups is 2. The van der Waals surface area contributed by atoms with Gasteiger partial charge in [0.2, 0.25) is 0 Å². The van der Waals surface area contributed by atoms with E-state index in [4.69, 9.17) is 14.2 Å². The van der Waals surface area contributed by atoms with E-state index in [1.54, 1.807) is 42.5 Å². The van der Waals surface area contributed by atoms with Crippen LogP contribution < -0.4 is 25.1 Å². The SMILES string of the molecule is CCOc1ccc(C(=O)NNC(=O)c2ccc(OC)cc2OC)cc1. The molecule has 0 heterocycles. The second-order valence-corrected chi connectivity index (χ2v) is 4.93. The molecule has 0 saturated heterocycles. The van der Waals surface area contributed by atoms with Crippen LogP contribution in [0.4, 0.5) is 0 Å². The number of benzene rings is 2. The lowest BCUT2D eigenvalue weighted by atomic mass is 10.2. The highest BCUT2D eigenvalue weighted by molar-refractivity contribution is 6.00. The summed E-state index contributed by atoms with van der Waals surface area (Å²) < 4.78 is 15.6. The first-order valence-corrected chi connectivity index (χ1v) is 7.64. The van der Waals surface area contributed by atoms with Gasteiger partial charge in [-0.15, -0.1) is 0 Å². The minimum atomic E-state index is -0.501. The van der Waals surface area contributed by atoms with Crippen molar-refractivity contribution in [2.75, 3.05) is 20.8 Å². The quantitative estimate of drug-likeness (QED) is 0.785. The summed E-state index contributed by atoms with van der Waals surface area (Å²) in [5.41, 5.74) is 5.39. The van der Waals surface area contributed by atoms with Crippen molar-refractivity contribution in [1.82, 2.24) is 10.9 Å². The molecule has 25 heavy (non-hydrogen) atoms. The zero-order valence-electron chi connectivity index (χ0n) is 14.3. The molecule has 2 amide bonds. The third-order valence-electron chi connectivity index (χ3n) is 3.37. The van der Waals surface area contributed by atoms with Crippen LogP contribution in [-0.2, 0) is 0 Å². The number of nitrogens with one attached hydrogen (secondary N) is 2. The molecule has 0 atom stereocenters. The van der Waals surface area contributed by atoms with Crippen molar-refractivity contribution in [3.8, 4) is 17.2 Å². The first-order chi connectivity index (χ1) is 12.1.